The van der Waals surface area contributed by atoms with E-state index < -0.39 is 10.9 Å². The summed E-state index contributed by atoms with van der Waals surface area (Å²) >= 11 is 2.30. The summed E-state index contributed by atoms with van der Waals surface area (Å²) in [7, 11) is 1.35. The molecule has 0 aliphatic heterocycles. The van der Waals surface area contributed by atoms with Gasteiger partial charge in [-0.2, -0.15) is 0 Å². The Hall–Kier alpha value is -2.13. The van der Waals surface area contributed by atoms with E-state index in [0.717, 1.165) is 11.3 Å². The van der Waals surface area contributed by atoms with Gasteiger partial charge >= 0.3 is 11.7 Å². The van der Waals surface area contributed by atoms with Gasteiger partial charge in [0.15, 0.2) is 10.1 Å². The van der Waals surface area contributed by atoms with Crippen LogP contribution in [0.5, 0.6) is 5.75 Å². The van der Waals surface area contributed by atoms with E-state index in [1.165, 1.54) is 31.0 Å². The third-order valence-corrected chi connectivity index (χ3v) is 4.72. The lowest BCUT2D eigenvalue weighted by atomic mass is 10.3. The van der Waals surface area contributed by atoms with E-state index in [0.29, 0.717) is 14.9 Å². The minimum Gasteiger partial charge on any atom is -0.490 e. The van der Waals surface area contributed by atoms with Crippen LogP contribution < -0.4 is 4.74 Å². The van der Waals surface area contributed by atoms with Crippen LogP contribution in [0.4, 0.5) is 5.69 Å². The summed E-state index contributed by atoms with van der Waals surface area (Å²) in [6.45, 7) is 1.63. The number of nitro groups is 1. The normalized spacial score (nSPS) is 10.4. The number of aromatic nitrogens is 1. The van der Waals surface area contributed by atoms with Crippen LogP contribution in [0, 0.1) is 17.0 Å². The Morgan fingerprint density at radius 3 is 2.76 bits per heavy atom. The Kier molecular flexibility index (Phi) is 4.43. The Morgan fingerprint density at radius 1 is 1.52 bits per heavy atom. The number of carbonyl (C=O) groups is 1. The number of aromatic carboxylic acids is 1. The van der Waals surface area contributed by atoms with Gasteiger partial charge in [0.1, 0.15) is 4.88 Å². The largest absolute Gasteiger partial charge is 0.490 e. The van der Waals surface area contributed by atoms with E-state index >= 15 is 0 Å². The van der Waals surface area contributed by atoms with Crippen LogP contribution in [0.1, 0.15) is 15.4 Å². The number of carboxylic acids is 1. The highest BCUT2D eigenvalue weighted by Crippen LogP contribution is 2.37. The molecule has 0 bridgehead atoms. The molecule has 9 heteroatoms. The second-order valence-corrected chi connectivity index (χ2v) is 6.21. The highest BCUT2D eigenvalue weighted by molar-refractivity contribution is 8.01. The number of hydrogen-bond acceptors (Lipinski definition) is 7. The third-order valence-electron chi connectivity index (χ3n) is 2.52. The number of benzene rings is 1. The van der Waals surface area contributed by atoms with Gasteiger partial charge in [0, 0.05) is 17.0 Å². The molecule has 0 spiro atoms. The number of rotatable bonds is 5. The van der Waals surface area contributed by atoms with E-state index in [1.54, 1.807) is 13.0 Å². The van der Waals surface area contributed by atoms with Gasteiger partial charge in [-0.1, -0.05) is 11.8 Å². The predicted molar refractivity (Wildman–Crippen MR) is 77.6 cm³/mol. The fourth-order valence-corrected chi connectivity index (χ4v) is 3.62. The van der Waals surface area contributed by atoms with E-state index in [1.807, 2.05) is 0 Å². The fourth-order valence-electron chi connectivity index (χ4n) is 1.59. The molecule has 0 aliphatic carbocycles. The van der Waals surface area contributed by atoms with Crippen LogP contribution in [0.3, 0.4) is 0 Å². The first kappa shape index (κ1) is 15.3. The summed E-state index contributed by atoms with van der Waals surface area (Å²) in [6, 6.07) is 4.45. The first-order chi connectivity index (χ1) is 9.92. The lowest BCUT2D eigenvalue weighted by Gasteiger charge is -2.03. The van der Waals surface area contributed by atoms with Gasteiger partial charge in [0.05, 0.1) is 17.7 Å². The van der Waals surface area contributed by atoms with Gasteiger partial charge in [-0.05, 0) is 13.0 Å². The average Bonchev–Trinajstić information content (AvgIpc) is 2.79. The SMILES string of the molecule is COc1cc(Sc2nc(C)c(C(=O)O)s2)ccc1[N+](=O)[O-]. The number of hydrogen-bond donors (Lipinski definition) is 1. The number of aryl methyl sites for hydroxylation is 1. The Morgan fingerprint density at radius 2 is 2.24 bits per heavy atom. The van der Waals surface area contributed by atoms with E-state index in [2.05, 4.69) is 4.98 Å². The summed E-state index contributed by atoms with van der Waals surface area (Å²) in [5.41, 5.74) is 0.326. The second kappa shape index (κ2) is 6.10. The standard InChI is InChI=1S/C12H10N2O5S2/c1-6-10(11(15)16)21-12(13-6)20-7-3-4-8(14(17)18)9(5-7)19-2/h3-5H,1-2H3,(H,15,16). The van der Waals surface area contributed by atoms with E-state index in [-0.39, 0.29) is 16.3 Å². The average molecular weight is 326 g/mol. The zero-order chi connectivity index (χ0) is 15.6. The molecule has 0 saturated heterocycles. The number of carboxylic acid groups (broad SMARTS) is 1. The molecule has 0 radical (unpaired) electrons. The Balaban J connectivity index is 2.30. The lowest BCUT2D eigenvalue weighted by molar-refractivity contribution is -0.385. The first-order valence-electron chi connectivity index (χ1n) is 5.63. The number of nitrogens with zero attached hydrogens (tertiary/aromatic N) is 2. The topological polar surface area (TPSA) is 103 Å². The summed E-state index contributed by atoms with van der Waals surface area (Å²) in [6.07, 6.45) is 0. The maximum Gasteiger partial charge on any atom is 0.347 e. The van der Waals surface area contributed by atoms with Crippen LogP contribution in [0.25, 0.3) is 0 Å². The smallest absolute Gasteiger partial charge is 0.347 e. The van der Waals surface area contributed by atoms with Crippen LogP contribution in [0.15, 0.2) is 27.4 Å². The molecule has 1 heterocycles. The van der Waals surface area contributed by atoms with Gasteiger partial charge in [0.2, 0.25) is 0 Å². The van der Waals surface area contributed by atoms with Crippen molar-refractivity contribution in [3.63, 3.8) is 0 Å². The van der Waals surface area contributed by atoms with Crippen molar-refractivity contribution in [1.82, 2.24) is 4.98 Å². The van der Waals surface area contributed by atoms with Crippen molar-refractivity contribution >= 4 is 34.8 Å². The maximum absolute atomic E-state index is 11.0. The highest BCUT2D eigenvalue weighted by atomic mass is 32.2. The molecular weight excluding hydrogens is 316 g/mol. The molecule has 21 heavy (non-hydrogen) atoms. The zero-order valence-electron chi connectivity index (χ0n) is 11.0. The fraction of sp³-hybridized carbons (Fsp3) is 0.167. The van der Waals surface area contributed by atoms with Crippen LogP contribution in [-0.4, -0.2) is 28.1 Å². The quantitative estimate of drug-likeness (QED) is 0.664. The lowest BCUT2D eigenvalue weighted by Crippen LogP contribution is -1.94. The summed E-state index contributed by atoms with van der Waals surface area (Å²) in [4.78, 5) is 26.3. The van der Waals surface area contributed by atoms with Crippen LogP contribution in [0.2, 0.25) is 0 Å². The molecule has 110 valence electrons. The van der Waals surface area contributed by atoms with Gasteiger partial charge < -0.3 is 9.84 Å². The van der Waals surface area contributed by atoms with Crippen molar-refractivity contribution in [2.75, 3.05) is 7.11 Å². The number of nitro benzene ring substituents is 1. The summed E-state index contributed by atoms with van der Waals surface area (Å²) in [5, 5.41) is 19.8. The van der Waals surface area contributed by atoms with Crippen molar-refractivity contribution in [2.45, 2.75) is 16.2 Å². The molecule has 0 amide bonds. The van der Waals surface area contributed by atoms with Crippen molar-refractivity contribution in [2.24, 2.45) is 0 Å². The molecule has 1 aromatic heterocycles. The molecule has 7 nitrogen and oxygen atoms in total. The molecule has 1 aromatic carbocycles. The van der Waals surface area contributed by atoms with Crippen molar-refractivity contribution in [3.05, 3.63) is 38.9 Å². The molecule has 0 atom stereocenters. The zero-order valence-corrected chi connectivity index (χ0v) is 12.7. The summed E-state index contributed by atoms with van der Waals surface area (Å²) in [5.74, 6) is -0.866. The Bertz CT molecular complexity index is 714. The Labute approximate surface area is 127 Å². The molecule has 0 aliphatic rings. The maximum atomic E-state index is 11.0. The highest BCUT2D eigenvalue weighted by Gasteiger charge is 2.18. The van der Waals surface area contributed by atoms with Gasteiger partial charge in [-0.3, -0.25) is 10.1 Å². The van der Waals surface area contributed by atoms with Crippen molar-refractivity contribution in [3.8, 4) is 5.75 Å². The van der Waals surface area contributed by atoms with Gasteiger partial charge in [-0.15, -0.1) is 11.3 Å². The van der Waals surface area contributed by atoms with Crippen molar-refractivity contribution < 1.29 is 19.6 Å². The van der Waals surface area contributed by atoms with Gasteiger partial charge in [0.25, 0.3) is 0 Å². The molecule has 1 N–H and O–H groups in total. The third kappa shape index (κ3) is 3.31. The molecule has 2 rings (SSSR count). The monoisotopic (exact) mass is 326 g/mol. The number of methoxy groups -OCH3 is 1. The van der Waals surface area contributed by atoms with Crippen LogP contribution in [-0.2, 0) is 0 Å². The molecule has 0 unspecified atom stereocenters. The minimum absolute atomic E-state index is 0.122. The molecular formula is C12H10N2O5S2. The molecule has 2 aromatic rings. The predicted octanol–water partition coefficient (Wildman–Crippen LogP) is 3.22. The minimum atomic E-state index is -1.02. The van der Waals surface area contributed by atoms with E-state index in [9.17, 15) is 14.9 Å². The molecule has 0 saturated carbocycles. The van der Waals surface area contributed by atoms with Gasteiger partial charge in [-0.25, -0.2) is 9.78 Å². The van der Waals surface area contributed by atoms with E-state index in [4.69, 9.17) is 9.84 Å². The number of ether oxygens (including phenoxy) is 1. The second-order valence-electron chi connectivity index (χ2n) is 3.89. The number of thiazole rings is 1. The van der Waals surface area contributed by atoms with Crippen LogP contribution >= 0.6 is 23.1 Å². The summed E-state index contributed by atoms with van der Waals surface area (Å²) < 4.78 is 5.54. The van der Waals surface area contributed by atoms with Crippen molar-refractivity contribution in [1.29, 1.82) is 0 Å². The first-order valence-corrected chi connectivity index (χ1v) is 7.26. The molecule has 0 fully saturated rings.